The van der Waals surface area contributed by atoms with Crippen molar-refractivity contribution in [3.05, 3.63) is 0 Å². The van der Waals surface area contributed by atoms with E-state index in [2.05, 4.69) is 11.7 Å². The third-order valence-corrected chi connectivity index (χ3v) is 3.33. The van der Waals surface area contributed by atoms with E-state index < -0.39 is 12.0 Å². The van der Waals surface area contributed by atoms with Gasteiger partial charge >= 0.3 is 35.5 Å². The van der Waals surface area contributed by atoms with Crippen LogP contribution in [0.1, 0.15) is 71.1 Å². The topological polar surface area (TPSA) is 69.4 Å². The van der Waals surface area contributed by atoms with Gasteiger partial charge in [0.05, 0.1) is 7.11 Å². The Morgan fingerprint density at radius 1 is 0.950 bits per heavy atom. The molecule has 0 aliphatic carbocycles. The molecular formula is C15H30NNaO3. The van der Waals surface area contributed by atoms with Crippen LogP contribution in [0, 0.1) is 0 Å². The van der Waals surface area contributed by atoms with Crippen LogP contribution in [0.2, 0.25) is 0 Å². The first-order chi connectivity index (χ1) is 9.13. The Labute approximate surface area is 145 Å². The van der Waals surface area contributed by atoms with Gasteiger partial charge in [-0.15, -0.1) is 0 Å². The number of rotatable bonds is 12. The number of hydrogen-bond donors (Lipinski definition) is 1. The molecule has 1 atom stereocenters. The summed E-state index contributed by atoms with van der Waals surface area (Å²) < 4.78 is 4.44. The summed E-state index contributed by atoms with van der Waals surface area (Å²) in [5.74, 6) is -0.851. The molecule has 0 aliphatic rings. The molecular weight excluding hydrogens is 265 g/mol. The summed E-state index contributed by atoms with van der Waals surface area (Å²) in [6.07, 6.45) is 11.2. The van der Waals surface area contributed by atoms with Crippen LogP contribution in [0.15, 0.2) is 0 Å². The first-order valence-electron chi connectivity index (χ1n) is 7.49. The van der Waals surface area contributed by atoms with E-state index in [9.17, 15) is 9.59 Å². The molecule has 0 heterocycles. The molecule has 114 valence electrons. The Kier molecular flexibility index (Phi) is 17.3. The normalized spacial score (nSPS) is 11.6. The van der Waals surface area contributed by atoms with E-state index in [0.717, 1.165) is 19.3 Å². The van der Waals surface area contributed by atoms with Crippen LogP contribution in [-0.2, 0) is 14.3 Å². The van der Waals surface area contributed by atoms with Gasteiger partial charge < -0.3 is 10.5 Å². The molecule has 0 spiro atoms. The average Bonchev–Trinajstić information content (AvgIpc) is 2.43. The van der Waals surface area contributed by atoms with Crippen LogP contribution in [0.25, 0.3) is 0 Å². The van der Waals surface area contributed by atoms with Gasteiger partial charge in [-0.3, -0.25) is 4.79 Å². The Hall–Kier alpha value is 0.100. The van der Waals surface area contributed by atoms with E-state index in [1.165, 1.54) is 45.6 Å². The van der Waals surface area contributed by atoms with Crippen molar-refractivity contribution in [2.45, 2.75) is 77.2 Å². The van der Waals surface area contributed by atoms with E-state index in [4.69, 9.17) is 5.73 Å². The molecule has 20 heavy (non-hydrogen) atoms. The van der Waals surface area contributed by atoms with E-state index in [-0.39, 0.29) is 35.3 Å². The minimum atomic E-state index is -1.10. The molecule has 0 aromatic rings. The standard InChI is InChI=1S/C15H29NO3.Na.H/c1-3-4-5-6-7-8-9-10-11-12-13(17)14(16)15(18)19-2;;/h14H,3-12,16H2,1-2H3;;. The van der Waals surface area contributed by atoms with Crippen LogP contribution in [0.5, 0.6) is 0 Å². The number of nitrogens with two attached hydrogens (primary N) is 1. The second kappa shape index (κ2) is 15.5. The molecule has 0 amide bonds. The van der Waals surface area contributed by atoms with Gasteiger partial charge in [0.15, 0.2) is 11.8 Å². The van der Waals surface area contributed by atoms with Crippen molar-refractivity contribution in [2.24, 2.45) is 5.73 Å². The second-order valence-electron chi connectivity index (χ2n) is 5.05. The number of unbranched alkanes of at least 4 members (excludes halogenated alkanes) is 8. The molecule has 0 rings (SSSR count). The first kappa shape index (κ1) is 22.4. The number of carbonyl (C=O) groups excluding carboxylic acids is 2. The van der Waals surface area contributed by atoms with E-state index >= 15 is 0 Å². The number of Topliss-reactive ketones (excluding diaryl/α,β-unsaturated/α-hetero) is 1. The molecule has 0 fully saturated rings. The Bertz CT molecular complexity index is 260. The summed E-state index contributed by atoms with van der Waals surface area (Å²) >= 11 is 0. The summed E-state index contributed by atoms with van der Waals surface area (Å²) in [7, 11) is 1.24. The van der Waals surface area contributed by atoms with Crippen molar-refractivity contribution in [1.29, 1.82) is 0 Å². The fourth-order valence-electron chi connectivity index (χ4n) is 2.02. The van der Waals surface area contributed by atoms with Crippen LogP contribution >= 0.6 is 0 Å². The molecule has 4 nitrogen and oxygen atoms in total. The third kappa shape index (κ3) is 11.9. The number of hydrogen-bond acceptors (Lipinski definition) is 4. The van der Waals surface area contributed by atoms with Crippen LogP contribution in [0.4, 0.5) is 0 Å². The molecule has 0 aromatic heterocycles. The molecule has 0 aliphatic heterocycles. The van der Waals surface area contributed by atoms with Crippen LogP contribution < -0.4 is 5.73 Å². The SMILES string of the molecule is CCCCCCCCCCCC(=O)C(N)C(=O)OC.[NaH]. The quantitative estimate of drug-likeness (QED) is 0.260. The minimum absolute atomic E-state index is 0. The maximum atomic E-state index is 11.5. The predicted octanol–water partition coefficient (Wildman–Crippen LogP) is 2.33. The van der Waals surface area contributed by atoms with Gasteiger partial charge in [0.2, 0.25) is 0 Å². The van der Waals surface area contributed by atoms with Gasteiger partial charge in [-0.05, 0) is 6.42 Å². The van der Waals surface area contributed by atoms with Crippen molar-refractivity contribution in [2.75, 3.05) is 7.11 Å². The molecule has 0 saturated carbocycles. The van der Waals surface area contributed by atoms with Crippen molar-refractivity contribution < 1.29 is 14.3 Å². The van der Waals surface area contributed by atoms with Gasteiger partial charge in [0.25, 0.3) is 0 Å². The number of carbonyl (C=O) groups is 2. The Morgan fingerprint density at radius 3 is 1.85 bits per heavy atom. The van der Waals surface area contributed by atoms with Gasteiger partial charge in [-0.2, -0.15) is 0 Å². The van der Waals surface area contributed by atoms with Crippen molar-refractivity contribution in [3.63, 3.8) is 0 Å². The van der Waals surface area contributed by atoms with E-state index in [1.54, 1.807) is 0 Å². The summed E-state index contributed by atoms with van der Waals surface area (Å²) in [5, 5.41) is 0. The average molecular weight is 295 g/mol. The van der Waals surface area contributed by atoms with Gasteiger partial charge in [0, 0.05) is 6.42 Å². The van der Waals surface area contributed by atoms with E-state index in [0.29, 0.717) is 6.42 Å². The zero-order valence-electron chi connectivity index (χ0n) is 12.5. The fourth-order valence-corrected chi connectivity index (χ4v) is 2.02. The maximum absolute atomic E-state index is 11.5. The summed E-state index contributed by atoms with van der Waals surface area (Å²) in [4.78, 5) is 22.6. The fraction of sp³-hybridized carbons (Fsp3) is 0.867. The summed E-state index contributed by atoms with van der Waals surface area (Å²) in [5.41, 5.74) is 5.46. The molecule has 0 saturated heterocycles. The predicted molar refractivity (Wildman–Crippen MR) is 84.0 cm³/mol. The number of methoxy groups -OCH3 is 1. The summed E-state index contributed by atoms with van der Waals surface area (Å²) in [6.45, 7) is 2.22. The van der Waals surface area contributed by atoms with Crippen molar-refractivity contribution in [1.82, 2.24) is 0 Å². The monoisotopic (exact) mass is 295 g/mol. The molecule has 0 bridgehead atoms. The third-order valence-electron chi connectivity index (χ3n) is 3.33. The summed E-state index contributed by atoms with van der Waals surface area (Å²) in [6, 6.07) is -1.10. The Morgan fingerprint density at radius 2 is 1.40 bits per heavy atom. The van der Waals surface area contributed by atoms with Crippen LogP contribution in [0.3, 0.4) is 0 Å². The number of esters is 1. The van der Waals surface area contributed by atoms with Gasteiger partial charge in [-0.25, -0.2) is 4.79 Å². The molecule has 5 heteroatoms. The molecule has 2 N–H and O–H groups in total. The molecule has 0 aromatic carbocycles. The second-order valence-corrected chi connectivity index (χ2v) is 5.05. The van der Waals surface area contributed by atoms with Gasteiger partial charge in [-0.1, -0.05) is 58.3 Å². The number of ether oxygens (including phenoxy) is 1. The molecule has 0 radical (unpaired) electrons. The zero-order chi connectivity index (χ0) is 14.5. The van der Waals surface area contributed by atoms with Crippen molar-refractivity contribution >= 4 is 41.3 Å². The van der Waals surface area contributed by atoms with E-state index in [1.807, 2.05) is 0 Å². The van der Waals surface area contributed by atoms with Crippen molar-refractivity contribution in [3.8, 4) is 0 Å². The Balaban J connectivity index is 0. The molecule has 1 unspecified atom stereocenters. The van der Waals surface area contributed by atoms with Crippen LogP contribution in [-0.4, -0.2) is 54.5 Å². The first-order valence-corrected chi connectivity index (χ1v) is 7.49. The zero-order valence-corrected chi connectivity index (χ0v) is 12.5. The number of ketones is 1. The van der Waals surface area contributed by atoms with Gasteiger partial charge in [0.1, 0.15) is 0 Å².